The third kappa shape index (κ3) is 4.52. The minimum atomic E-state index is -0.114. The summed E-state index contributed by atoms with van der Waals surface area (Å²) in [6.45, 7) is 5.12. The summed E-state index contributed by atoms with van der Waals surface area (Å²) in [7, 11) is 0. The molecule has 9 nitrogen and oxygen atoms in total. The van der Waals surface area contributed by atoms with Crippen molar-refractivity contribution in [3.63, 3.8) is 0 Å². The van der Waals surface area contributed by atoms with Gasteiger partial charge in [0.25, 0.3) is 0 Å². The molecule has 2 N–H and O–H groups in total. The molecule has 0 saturated carbocycles. The van der Waals surface area contributed by atoms with Crippen molar-refractivity contribution in [2.45, 2.75) is 51.2 Å². The van der Waals surface area contributed by atoms with Gasteiger partial charge in [-0.2, -0.15) is 0 Å². The Morgan fingerprint density at radius 1 is 1.25 bits per heavy atom. The number of amides is 2. The van der Waals surface area contributed by atoms with E-state index in [-0.39, 0.29) is 12.1 Å². The number of hydrogen-bond acceptors (Lipinski definition) is 6. The molecule has 9 heteroatoms. The molecule has 0 bridgehead atoms. The molecule has 152 valence electrons. The van der Waals surface area contributed by atoms with Crippen molar-refractivity contribution in [3.8, 4) is 0 Å². The third-order valence-corrected chi connectivity index (χ3v) is 5.62. The Balaban J connectivity index is 1.25. The zero-order valence-electron chi connectivity index (χ0n) is 16.4. The molecular formula is C19H29N7O2. The first kappa shape index (κ1) is 18.9. The molecule has 2 aliphatic heterocycles. The highest BCUT2D eigenvalue weighted by Gasteiger charge is 2.24. The largest absolute Gasteiger partial charge is 0.373 e. The van der Waals surface area contributed by atoms with Gasteiger partial charge in [-0.15, -0.1) is 10.2 Å². The Hall–Kier alpha value is -2.42. The fourth-order valence-corrected chi connectivity index (χ4v) is 4.15. The highest BCUT2D eigenvalue weighted by Crippen LogP contribution is 2.23. The number of urea groups is 1. The van der Waals surface area contributed by atoms with Crippen molar-refractivity contribution in [3.05, 3.63) is 18.7 Å². The molecule has 3 atom stereocenters. The summed E-state index contributed by atoms with van der Waals surface area (Å²) < 4.78 is 7.73. The lowest BCUT2D eigenvalue weighted by Crippen LogP contribution is -2.46. The van der Waals surface area contributed by atoms with Crippen molar-refractivity contribution in [1.82, 2.24) is 30.2 Å². The van der Waals surface area contributed by atoms with E-state index < -0.39 is 0 Å². The van der Waals surface area contributed by atoms with E-state index in [1.807, 2.05) is 10.6 Å². The van der Waals surface area contributed by atoms with Crippen LogP contribution in [0.3, 0.4) is 0 Å². The average Bonchev–Trinajstić information content (AvgIpc) is 3.20. The highest BCUT2D eigenvalue weighted by molar-refractivity contribution is 5.73. The van der Waals surface area contributed by atoms with Crippen molar-refractivity contribution >= 4 is 17.5 Å². The fourth-order valence-electron chi connectivity index (χ4n) is 4.15. The Bertz CT molecular complexity index is 795. The van der Waals surface area contributed by atoms with E-state index in [9.17, 15) is 4.79 Å². The van der Waals surface area contributed by atoms with E-state index in [1.165, 1.54) is 6.42 Å². The number of anilines is 1. The molecular weight excluding hydrogens is 358 g/mol. The Kier molecular flexibility index (Phi) is 5.90. The van der Waals surface area contributed by atoms with Gasteiger partial charge in [0.15, 0.2) is 5.82 Å². The predicted molar refractivity (Wildman–Crippen MR) is 105 cm³/mol. The summed E-state index contributed by atoms with van der Waals surface area (Å²) in [5.74, 6) is 1.24. The lowest BCUT2D eigenvalue weighted by Gasteiger charge is -2.33. The van der Waals surface area contributed by atoms with Crippen LogP contribution in [-0.2, 0) is 4.74 Å². The van der Waals surface area contributed by atoms with Gasteiger partial charge < -0.3 is 20.3 Å². The number of carbonyl (C=O) groups excluding carboxylic acids is 1. The minimum absolute atomic E-state index is 0.114. The van der Waals surface area contributed by atoms with Gasteiger partial charge in [0.1, 0.15) is 6.33 Å². The zero-order valence-corrected chi connectivity index (χ0v) is 16.4. The number of hydrogen-bond donors (Lipinski definition) is 2. The van der Waals surface area contributed by atoms with Crippen LogP contribution in [0.4, 0.5) is 10.6 Å². The second kappa shape index (κ2) is 8.72. The van der Waals surface area contributed by atoms with Crippen molar-refractivity contribution in [2.24, 2.45) is 5.92 Å². The lowest BCUT2D eigenvalue weighted by molar-refractivity contribution is -0.0368. The van der Waals surface area contributed by atoms with Gasteiger partial charge in [0.2, 0.25) is 5.65 Å². The third-order valence-electron chi connectivity index (χ3n) is 5.62. The van der Waals surface area contributed by atoms with Crippen molar-refractivity contribution in [1.29, 1.82) is 0 Å². The number of rotatable bonds is 5. The second-order valence-electron chi connectivity index (χ2n) is 7.86. The molecule has 2 amide bonds. The van der Waals surface area contributed by atoms with Gasteiger partial charge in [-0.05, 0) is 44.9 Å². The maximum atomic E-state index is 12.2. The van der Waals surface area contributed by atoms with Crippen LogP contribution < -0.4 is 15.5 Å². The molecule has 0 spiro atoms. The lowest BCUT2D eigenvalue weighted by atomic mass is 9.98. The monoisotopic (exact) mass is 387 g/mol. The minimum Gasteiger partial charge on any atom is -0.373 e. The molecule has 2 saturated heterocycles. The molecule has 2 aliphatic rings. The van der Waals surface area contributed by atoms with Gasteiger partial charge >= 0.3 is 6.03 Å². The maximum absolute atomic E-state index is 12.2. The van der Waals surface area contributed by atoms with E-state index in [1.54, 1.807) is 12.5 Å². The van der Waals surface area contributed by atoms with Gasteiger partial charge in [0, 0.05) is 38.6 Å². The number of ether oxygens (including phenoxy) is 1. The van der Waals surface area contributed by atoms with Crippen LogP contribution >= 0.6 is 0 Å². The summed E-state index contributed by atoms with van der Waals surface area (Å²) >= 11 is 0. The van der Waals surface area contributed by atoms with E-state index in [2.05, 4.69) is 37.6 Å². The summed E-state index contributed by atoms with van der Waals surface area (Å²) in [5, 5.41) is 14.1. The van der Waals surface area contributed by atoms with Crippen LogP contribution in [0.5, 0.6) is 0 Å². The van der Waals surface area contributed by atoms with E-state index in [0.29, 0.717) is 25.1 Å². The summed E-state index contributed by atoms with van der Waals surface area (Å²) in [5.41, 5.74) is 0.774. The molecule has 28 heavy (non-hydrogen) atoms. The van der Waals surface area contributed by atoms with Crippen LogP contribution in [0.2, 0.25) is 0 Å². The van der Waals surface area contributed by atoms with Gasteiger partial charge in [0.05, 0.1) is 12.2 Å². The first-order valence-electron chi connectivity index (χ1n) is 10.3. The number of aromatic nitrogens is 4. The van der Waals surface area contributed by atoms with Crippen molar-refractivity contribution in [2.75, 3.05) is 31.1 Å². The predicted octanol–water partition coefficient (Wildman–Crippen LogP) is 1.60. The molecule has 4 heterocycles. The number of nitrogens with zero attached hydrogens (tertiary/aromatic N) is 5. The zero-order chi connectivity index (χ0) is 19.3. The Labute approximate surface area is 164 Å². The SMILES string of the molecule is CC1CCCC(CNC(=O)NCC2CCCN(c3nccn4cnnc34)C2)O1. The molecule has 2 aromatic rings. The quantitative estimate of drug-likeness (QED) is 0.809. The van der Waals surface area contributed by atoms with Crippen LogP contribution in [0.25, 0.3) is 5.65 Å². The van der Waals surface area contributed by atoms with E-state index >= 15 is 0 Å². The average molecular weight is 387 g/mol. The first-order valence-corrected chi connectivity index (χ1v) is 10.3. The van der Waals surface area contributed by atoms with Crippen molar-refractivity contribution < 1.29 is 9.53 Å². The molecule has 0 radical (unpaired) electrons. The first-order chi connectivity index (χ1) is 13.7. The standard InChI is InChI=1S/C19H29N7O2/c1-14-4-2-6-16(28-14)11-22-19(27)21-10-15-5-3-8-25(12-15)17-18-24-23-13-26(18)9-7-20-17/h7,9,13-16H,2-6,8,10-12H2,1H3,(H2,21,22,27). The Morgan fingerprint density at radius 2 is 2.14 bits per heavy atom. The smallest absolute Gasteiger partial charge is 0.314 e. The van der Waals surface area contributed by atoms with Crippen LogP contribution in [0.1, 0.15) is 39.0 Å². The second-order valence-corrected chi connectivity index (χ2v) is 7.86. The maximum Gasteiger partial charge on any atom is 0.314 e. The summed E-state index contributed by atoms with van der Waals surface area (Å²) in [6.07, 6.45) is 11.2. The molecule has 4 rings (SSSR count). The molecule has 2 fully saturated rings. The number of nitrogens with one attached hydrogen (secondary N) is 2. The summed E-state index contributed by atoms with van der Waals surface area (Å²) in [6, 6.07) is -0.114. The molecule has 0 aromatic carbocycles. The van der Waals surface area contributed by atoms with Crippen LogP contribution in [-0.4, -0.2) is 64.0 Å². The van der Waals surface area contributed by atoms with E-state index in [4.69, 9.17) is 4.74 Å². The highest BCUT2D eigenvalue weighted by atomic mass is 16.5. The van der Waals surface area contributed by atoms with Crippen LogP contribution in [0, 0.1) is 5.92 Å². The topological polar surface area (TPSA) is 96.7 Å². The Morgan fingerprint density at radius 3 is 3.04 bits per heavy atom. The number of piperidine rings is 1. The van der Waals surface area contributed by atoms with Gasteiger partial charge in [-0.25, -0.2) is 9.78 Å². The molecule has 0 aliphatic carbocycles. The fraction of sp³-hybridized carbons (Fsp3) is 0.684. The molecule has 3 unspecified atom stereocenters. The normalized spacial score (nSPS) is 25.6. The molecule has 2 aromatic heterocycles. The van der Waals surface area contributed by atoms with Gasteiger partial charge in [-0.3, -0.25) is 4.40 Å². The van der Waals surface area contributed by atoms with Gasteiger partial charge in [-0.1, -0.05) is 0 Å². The van der Waals surface area contributed by atoms with Crippen LogP contribution in [0.15, 0.2) is 18.7 Å². The number of carbonyl (C=O) groups is 1. The number of fused-ring (bicyclic) bond motifs is 1. The summed E-state index contributed by atoms with van der Waals surface area (Å²) in [4.78, 5) is 18.9. The van der Waals surface area contributed by atoms with E-state index in [0.717, 1.165) is 50.2 Å².